The van der Waals surface area contributed by atoms with E-state index in [1.807, 2.05) is 0 Å². The maximum Gasteiger partial charge on any atom is 0.0737 e. The van der Waals surface area contributed by atoms with Gasteiger partial charge < -0.3 is 9.97 Å². The summed E-state index contributed by atoms with van der Waals surface area (Å²) in [6, 6.07) is 40.6. The van der Waals surface area contributed by atoms with E-state index in [-0.39, 0.29) is 0 Å². The zero-order valence-electron chi connectivity index (χ0n) is 27.6. The number of aromatic nitrogens is 4. The highest BCUT2D eigenvalue weighted by atomic mass is 14.8. The van der Waals surface area contributed by atoms with Crippen molar-refractivity contribution in [3.05, 3.63) is 132 Å². The van der Waals surface area contributed by atoms with Gasteiger partial charge in [-0.05, 0) is 159 Å². The van der Waals surface area contributed by atoms with Crippen molar-refractivity contribution in [2.45, 2.75) is 0 Å². The number of nitrogens with zero attached hydrogens (tertiary/aromatic N) is 2. The standard InChI is InChI=1S/C48H24N4/c1-3-7-31-29(5-1)33-14-15-34-30-6-2-4-8-32(30)36-22-39-41-37(21-35(31)45-43(33)44(34)46(36)47(41)45)38-20-28-19-26-12-11-24(50-26)17-23-9-10-25(49-23)18-27-13-16-40(51-27)42(39)48(38)52-28/h1-22,49,52H. The van der Waals surface area contributed by atoms with Crippen LogP contribution in [-0.4, -0.2) is 19.9 Å². The van der Waals surface area contributed by atoms with Crippen molar-refractivity contribution in [3.8, 4) is 0 Å². The van der Waals surface area contributed by atoms with Crippen LogP contribution in [-0.2, 0) is 0 Å². The molecule has 0 radical (unpaired) electrons. The van der Waals surface area contributed by atoms with Gasteiger partial charge in [-0.1, -0.05) is 60.7 Å². The second-order valence-electron chi connectivity index (χ2n) is 14.7. The van der Waals surface area contributed by atoms with Crippen molar-refractivity contribution in [1.82, 2.24) is 19.9 Å². The van der Waals surface area contributed by atoms with Crippen LogP contribution in [0.2, 0.25) is 0 Å². The minimum atomic E-state index is 0.924. The number of fused-ring (bicyclic) bond motifs is 16. The fourth-order valence-corrected chi connectivity index (χ4v) is 10.1. The number of hydrogen-bond acceptors (Lipinski definition) is 2. The maximum absolute atomic E-state index is 5.32. The molecule has 4 heteroatoms. The Hall–Kier alpha value is -7.04. The first-order chi connectivity index (χ1) is 25.7. The fourth-order valence-electron chi connectivity index (χ4n) is 10.1. The van der Waals surface area contributed by atoms with E-state index in [9.17, 15) is 0 Å². The molecule has 5 heterocycles. The Balaban J connectivity index is 1.33. The van der Waals surface area contributed by atoms with E-state index in [4.69, 9.17) is 9.97 Å². The molecular weight excluding hydrogens is 633 g/mol. The van der Waals surface area contributed by atoms with Crippen LogP contribution in [0.1, 0.15) is 22.8 Å². The zero-order valence-corrected chi connectivity index (χ0v) is 27.6. The van der Waals surface area contributed by atoms with Crippen LogP contribution in [0.3, 0.4) is 0 Å². The van der Waals surface area contributed by atoms with Gasteiger partial charge in [-0.2, -0.15) is 0 Å². The predicted octanol–water partition coefficient (Wildman–Crippen LogP) is 12.8. The van der Waals surface area contributed by atoms with Crippen molar-refractivity contribution < 1.29 is 0 Å². The van der Waals surface area contributed by atoms with Gasteiger partial charge in [-0.25, -0.2) is 9.97 Å². The lowest BCUT2D eigenvalue weighted by molar-refractivity contribution is 1.32. The van der Waals surface area contributed by atoms with E-state index in [2.05, 4.69) is 143 Å². The molecule has 2 aliphatic rings. The molecule has 0 saturated carbocycles. The summed E-state index contributed by atoms with van der Waals surface area (Å²) < 4.78 is 0. The summed E-state index contributed by atoms with van der Waals surface area (Å²) in [5.74, 6) is 0. The third-order valence-electron chi connectivity index (χ3n) is 12.0. The lowest BCUT2D eigenvalue weighted by atomic mass is 9.87. The van der Waals surface area contributed by atoms with E-state index < -0.39 is 0 Å². The number of nitrogens with one attached hydrogen (secondary N) is 2. The van der Waals surface area contributed by atoms with Crippen LogP contribution in [0.25, 0.3) is 143 Å². The number of H-pyrrole nitrogens is 2. The molecule has 0 amide bonds. The van der Waals surface area contributed by atoms with Gasteiger partial charge >= 0.3 is 0 Å². The quantitative estimate of drug-likeness (QED) is 0.126. The van der Waals surface area contributed by atoms with E-state index in [1.165, 1.54) is 91.6 Å². The van der Waals surface area contributed by atoms with Crippen LogP contribution in [0.5, 0.6) is 0 Å². The lowest BCUT2D eigenvalue weighted by Crippen LogP contribution is -1.89. The SMILES string of the molecule is C1=Cc2cc3cc4c5cc6c7ccccc7c7ccc8c9ccccc9c9cc(c(c%10nc(cc%11ccc(cc1n2)[nH]%11)C=C%10)c4[nH]3)c5c1c6c7c8c91. The van der Waals surface area contributed by atoms with Gasteiger partial charge in [0, 0.05) is 27.3 Å². The molecule has 12 aromatic rings. The maximum atomic E-state index is 5.32. The smallest absolute Gasteiger partial charge is 0.0737 e. The molecule has 8 bridgehead atoms. The number of hydrogen-bond donors (Lipinski definition) is 2. The predicted molar refractivity (Wildman–Crippen MR) is 221 cm³/mol. The molecule has 0 unspecified atom stereocenters. The molecule has 236 valence electrons. The van der Waals surface area contributed by atoms with Gasteiger partial charge in [0.1, 0.15) is 0 Å². The zero-order chi connectivity index (χ0) is 33.4. The van der Waals surface area contributed by atoms with Gasteiger partial charge in [0.15, 0.2) is 0 Å². The van der Waals surface area contributed by atoms with Crippen LogP contribution >= 0.6 is 0 Å². The Morgan fingerprint density at radius 3 is 1.48 bits per heavy atom. The summed E-state index contributed by atoms with van der Waals surface area (Å²) in [5, 5.41) is 23.6. The average molecular weight is 657 g/mol. The monoisotopic (exact) mass is 656 g/mol. The molecule has 3 aromatic heterocycles. The Morgan fingerprint density at radius 2 is 0.827 bits per heavy atom. The molecule has 52 heavy (non-hydrogen) atoms. The Morgan fingerprint density at radius 1 is 0.308 bits per heavy atom. The van der Waals surface area contributed by atoms with E-state index >= 15 is 0 Å². The fraction of sp³-hybridized carbons (Fsp3) is 0. The van der Waals surface area contributed by atoms with Crippen LogP contribution in [0.4, 0.5) is 0 Å². The minimum Gasteiger partial charge on any atom is -0.355 e. The van der Waals surface area contributed by atoms with Crippen molar-refractivity contribution in [1.29, 1.82) is 0 Å². The van der Waals surface area contributed by atoms with Crippen molar-refractivity contribution >= 4 is 143 Å². The average Bonchev–Trinajstić information content (AvgIpc) is 4.02. The molecule has 9 aromatic carbocycles. The first-order valence-electron chi connectivity index (χ1n) is 17.9. The molecule has 0 saturated heterocycles. The number of aromatic amines is 2. The van der Waals surface area contributed by atoms with Gasteiger partial charge in [0.2, 0.25) is 0 Å². The van der Waals surface area contributed by atoms with Crippen LogP contribution in [0.15, 0.2) is 109 Å². The highest BCUT2D eigenvalue weighted by Crippen LogP contribution is 2.56. The second kappa shape index (κ2) is 8.63. The molecular formula is C48H24N4. The molecule has 0 atom stereocenters. The summed E-state index contributed by atoms with van der Waals surface area (Å²) in [4.78, 5) is 17.7. The van der Waals surface area contributed by atoms with E-state index in [0.717, 1.165) is 50.2 Å². The lowest BCUT2D eigenvalue weighted by Gasteiger charge is -2.16. The first-order valence-corrected chi connectivity index (χ1v) is 17.9. The molecule has 0 fully saturated rings. The number of benzene rings is 8. The highest BCUT2D eigenvalue weighted by molar-refractivity contribution is 6.55. The minimum absolute atomic E-state index is 0.924. The third kappa shape index (κ3) is 2.99. The highest BCUT2D eigenvalue weighted by Gasteiger charge is 2.28. The summed E-state index contributed by atoms with van der Waals surface area (Å²) in [6.45, 7) is 0. The van der Waals surface area contributed by atoms with Crippen LogP contribution in [0, 0.1) is 0 Å². The summed E-state index contributed by atoms with van der Waals surface area (Å²) in [7, 11) is 0. The Kier molecular flexibility index (Phi) is 4.29. The second-order valence-corrected chi connectivity index (χ2v) is 14.7. The van der Waals surface area contributed by atoms with Gasteiger partial charge in [-0.3, -0.25) is 0 Å². The molecule has 2 aliphatic heterocycles. The van der Waals surface area contributed by atoms with Gasteiger partial charge in [0.25, 0.3) is 0 Å². The summed E-state index contributed by atoms with van der Waals surface area (Å²) in [5.41, 5.74) is 7.90. The Bertz CT molecular complexity index is 3760. The molecule has 4 nitrogen and oxygen atoms in total. The molecule has 0 spiro atoms. The molecule has 0 aliphatic carbocycles. The van der Waals surface area contributed by atoms with E-state index in [1.54, 1.807) is 0 Å². The van der Waals surface area contributed by atoms with Gasteiger partial charge in [0.05, 0.1) is 28.3 Å². The van der Waals surface area contributed by atoms with Crippen LogP contribution < -0.4 is 0 Å². The third-order valence-corrected chi connectivity index (χ3v) is 12.0. The summed E-state index contributed by atoms with van der Waals surface area (Å²) >= 11 is 0. The molecule has 14 rings (SSSR count). The van der Waals surface area contributed by atoms with Crippen molar-refractivity contribution in [2.75, 3.05) is 0 Å². The van der Waals surface area contributed by atoms with Gasteiger partial charge in [-0.15, -0.1) is 0 Å². The summed E-state index contributed by atoms with van der Waals surface area (Å²) in [6.07, 6.45) is 8.51. The van der Waals surface area contributed by atoms with Crippen molar-refractivity contribution in [2.24, 2.45) is 0 Å². The number of rotatable bonds is 0. The van der Waals surface area contributed by atoms with Crippen molar-refractivity contribution in [3.63, 3.8) is 0 Å². The molecule has 2 N–H and O–H groups in total. The normalized spacial score (nSPS) is 13.6. The topological polar surface area (TPSA) is 57.4 Å². The van der Waals surface area contributed by atoms with E-state index in [0.29, 0.717) is 0 Å². The largest absolute Gasteiger partial charge is 0.355 e. The first kappa shape index (κ1) is 25.9. The Labute approximate surface area is 294 Å².